The van der Waals surface area contributed by atoms with Crippen LogP contribution in [0.2, 0.25) is 0 Å². The Bertz CT molecular complexity index is 488. The van der Waals surface area contributed by atoms with Gasteiger partial charge >= 0.3 is 0 Å². The van der Waals surface area contributed by atoms with Crippen LogP contribution >= 0.6 is 24.8 Å². The van der Waals surface area contributed by atoms with Gasteiger partial charge in [-0.05, 0) is 44.4 Å². The van der Waals surface area contributed by atoms with Crippen LogP contribution in [0.15, 0.2) is 6.20 Å². The number of hydrogen-bond acceptors (Lipinski definition) is 5. The van der Waals surface area contributed by atoms with E-state index in [0.29, 0.717) is 0 Å². The standard InChI is InChI=1S/C14H22N4O.2ClH/c1-10-7-16-17-13(11(10)2)18-6-4-14(19)3-5-15-8-12(14)9-18;;/h7,12,15,19H,3-6,8-9H2,1-2H3;2*1H/t12-,14-;;/m0../s1. The van der Waals surface area contributed by atoms with Gasteiger partial charge < -0.3 is 15.3 Å². The van der Waals surface area contributed by atoms with E-state index in [2.05, 4.69) is 34.3 Å². The van der Waals surface area contributed by atoms with Crippen LogP contribution < -0.4 is 10.2 Å². The SMILES string of the molecule is Cc1cnnc(N2CC[C@@]3(O)CCNC[C@H]3C2)c1C.Cl.Cl. The predicted octanol–water partition coefficient (Wildman–Crippen LogP) is 1.49. The Labute approximate surface area is 138 Å². The van der Waals surface area contributed by atoms with Crippen LogP contribution in [0.1, 0.15) is 24.0 Å². The van der Waals surface area contributed by atoms with Gasteiger partial charge in [-0.25, -0.2) is 0 Å². The van der Waals surface area contributed by atoms with Crippen molar-refractivity contribution in [1.82, 2.24) is 15.5 Å². The van der Waals surface area contributed by atoms with E-state index in [1.165, 1.54) is 11.1 Å². The Hall–Kier alpha value is -0.620. The van der Waals surface area contributed by atoms with Crippen molar-refractivity contribution in [2.45, 2.75) is 32.3 Å². The summed E-state index contributed by atoms with van der Waals surface area (Å²) in [4.78, 5) is 2.28. The maximum Gasteiger partial charge on any atom is 0.154 e. The summed E-state index contributed by atoms with van der Waals surface area (Å²) in [5.74, 6) is 1.27. The largest absolute Gasteiger partial charge is 0.389 e. The van der Waals surface area contributed by atoms with Crippen LogP contribution in [-0.2, 0) is 0 Å². The molecule has 7 heteroatoms. The molecule has 3 rings (SSSR count). The Kier molecular flexibility index (Phi) is 6.23. The number of aliphatic hydroxyl groups is 1. The lowest BCUT2D eigenvalue weighted by Crippen LogP contribution is -2.59. The molecular formula is C14H24Cl2N4O. The zero-order valence-corrected chi connectivity index (χ0v) is 14.1. The Morgan fingerprint density at radius 1 is 1.33 bits per heavy atom. The van der Waals surface area contributed by atoms with Gasteiger partial charge in [0.1, 0.15) is 0 Å². The van der Waals surface area contributed by atoms with Crippen molar-refractivity contribution >= 4 is 30.6 Å². The average Bonchev–Trinajstić information content (AvgIpc) is 2.41. The summed E-state index contributed by atoms with van der Waals surface area (Å²) in [5.41, 5.74) is 1.89. The summed E-state index contributed by atoms with van der Waals surface area (Å²) in [6.07, 6.45) is 3.50. The molecule has 2 aliphatic heterocycles. The number of nitrogens with zero attached hydrogens (tertiary/aromatic N) is 3. The van der Waals surface area contributed by atoms with Crippen LogP contribution in [0.3, 0.4) is 0 Å². The zero-order valence-electron chi connectivity index (χ0n) is 12.5. The molecule has 2 N–H and O–H groups in total. The zero-order chi connectivity index (χ0) is 13.5. The number of aromatic nitrogens is 2. The minimum Gasteiger partial charge on any atom is -0.389 e. The Morgan fingerprint density at radius 2 is 2.10 bits per heavy atom. The molecule has 2 saturated heterocycles. The van der Waals surface area contributed by atoms with E-state index in [9.17, 15) is 5.11 Å². The van der Waals surface area contributed by atoms with Gasteiger partial charge in [0.05, 0.1) is 11.8 Å². The van der Waals surface area contributed by atoms with E-state index in [4.69, 9.17) is 0 Å². The highest BCUT2D eigenvalue weighted by Gasteiger charge is 2.43. The highest BCUT2D eigenvalue weighted by molar-refractivity contribution is 5.85. The van der Waals surface area contributed by atoms with Crippen LogP contribution in [0.25, 0.3) is 0 Å². The van der Waals surface area contributed by atoms with Gasteiger partial charge in [0.25, 0.3) is 0 Å². The van der Waals surface area contributed by atoms with E-state index in [1.807, 2.05) is 0 Å². The predicted molar refractivity (Wildman–Crippen MR) is 88.8 cm³/mol. The minimum atomic E-state index is -0.479. The molecule has 3 heterocycles. The van der Waals surface area contributed by atoms with Gasteiger partial charge in [0.2, 0.25) is 0 Å². The van der Waals surface area contributed by atoms with E-state index in [0.717, 1.165) is 44.8 Å². The summed E-state index contributed by atoms with van der Waals surface area (Å²) >= 11 is 0. The third kappa shape index (κ3) is 3.42. The normalized spacial score (nSPS) is 28.1. The number of rotatable bonds is 1. The molecule has 0 bridgehead atoms. The first-order chi connectivity index (χ1) is 9.10. The van der Waals surface area contributed by atoms with Gasteiger partial charge in [-0.1, -0.05) is 0 Å². The van der Waals surface area contributed by atoms with Gasteiger partial charge in [-0.2, -0.15) is 5.10 Å². The van der Waals surface area contributed by atoms with Crippen LogP contribution in [0, 0.1) is 19.8 Å². The molecule has 1 aromatic heterocycles. The monoisotopic (exact) mass is 334 g/mol. The highest BCUT2D eigenvalue weighted by atomic mass is 35.5. The number of fused-ring (bicyclic) bond motifs is 1. The molecule has 5 nitrogen and oxygen atoms in total. The van der Waals surface area contributed by atoms with Gasteiger partial charge in [-0.15, -0.1) is 29.9 Å². The first kappa shape index (κ1) is 18.4. The topological polar surface area (TPSA) is 61.3 Å². The molecule has 1 aromatic rings. The summed E-state index contributed by atoms with van der Waals surface area (Å²) in [5, 5.41) is 22.4. The second kappa shape index (κ2) is 7.09. The van der Waals surface area contributed by atoms with Crippen molar-refractivity contribution in [2.75, 3.05) is 31.1 Å². The number of nitrogens with one attached hydrogen (secondary N) is 1. The van der Waals surface area contributed by atoms with Gasteiger partial charge in [0, 0.05) is 25.6 Å². The lowest BCUT2D eigenvalue weighted by atomic mass is 9.76. The van der Waals surface area contributed by atoms with Crippen LogP contribution in [-0.4, -0.2) is 47.1 Å². The summed E-state index contributed by atoms with van der Waals surface area (Å²) in [6.45, 7) is 7.71. The second-order valence-corrected chi connectivity index (χ2v) is 5.93. The minimum absolute atomic E-state index is 0. The smallest absolute Gasteiger partial charge is 0.154 e. The molecule has 120 valence electrons. The molecule has 0 saturated carbocycles. The lowest BCUT2D eigenvalue weighted by molar-refractivity contribution is -0.0539. The number of aryl methyl sites for hydroxylation is 1. The van der Waals surface area contributed by atoms with Crippen molar-refractivity contribution in [2.24, 2.45) is 5.92 Å². The quantitative estimate of drug-likeness (QED) is 0.814. The fourth-order valence-electron chi connectivity index (χ4n) is 3.24. The molecule has 0 unspecified atom stereocenters. The van der Waals surface area contributed by atoms with E-state index >= 15 is 0 Å². The lowest BCUT2D eigenvalue weighted by Gasteiger charge is -2.48. The Balaban J connectivity index is 0.00000110. The number of hydrogen-bond donors (Lipinski definition) is 2. The van der Waals surface area contributed by atoms with Gasteiger partial charge in [0.15, 0.2) is 5.82 Å². The molecule has 0 radical (unpaired) electrons. The van der Waals surface area contributed by atoms with E-state index < -0.39 is 5.60 Å². The maximum atomic E-state index is 10.7. The first-order valence-electron chi connectivity index (χ1n) is 7.07. The van der Waals surface area contributed by atoms with Crippen molar-refractivity contribution < 1.29 is 5.11 Å². The summed E-state index contributed by atoms with van der Waals surface area (Å²) < 4.78 is 0. The molecule has 2 aliphatic rings. The van der Waals surface area contributed by atoms with Crippen molar-refractivity contribution in [3.05, 3.63) is 17.3 Å². The average molecular weight is 335 g/mol. The van der Waals surface area contributed by atoms with Gasteiger partial charge in [-0.3, -0.25) is 0 Å². The summed E-state index contributed by atoms with van der Waals surface area (Å²) in [6, 6.07) is 0. The Morgan fingerprint density at radius 3 is 2.86 bits per heavy atom. The number of piperidine rings is 2. The third-order valence-electron chi connectivity index (χ3n) is 4.77. The highest BCUT2D eigenvalue weighted by Crippen LogP contribution is 2.35. The third-order valence-corrected chi connectivity index (χ3v) is 4.77. The molecule has 0 spiro atoms. The first-order valence-corrected chi connectivity index (χ1v) is 7.07. The molecule has 0 aliphatic carbocycles. The molecule has 21 heavy (non-hydrogen) atoms. The number of halogens is 2. The molecule has 2 atom stereocenters. The van der Waals surface area contributed by atoms with Crippen molar-refractivity contribution in [1.29, 1.82) is 0 Å². The fraction of sp³-hybridized carbons (Fsp3) is 0.714. The van der Waals surface area contributed by atoms with Crippen LogP contribution in [0.5, 0.6) is 0 Å². The summed E-state index contributed by atoms with van der Waals surface area (Å²) in [7, 11) is 0. The van der Waals surface area contributed by atoms with E-state index in [-0.39, 0.29) is 30.7 Å². The molecule has 0 aromatic carbocycles. The number of anilines is 1. The molecule has 2 fully saturated rings. The van der Waals surface area contributed by atoms with Crippen molar-refractivity contribution in [3.63, 3.8) is 0 Å². The molecule has 0 amide bonds. The van der Waals surface area contributed by atoms with Crippen LogP contribution in [0.4, 0.5) is 5.82 Å². The second-order valence-electron chi connectivity index (χ2n) is 5.93. The fourth-order valence-corrected chi connectivity index (χ4v) is 3.24. The van der Waals surface area contributed by atoms with E-state index in [1.54, 1.807) is 6.20 Å². The van der Waals surface area contributed by atoms with Crippen molar-refractivity contribution in [3.8, 4) is 0 Å². The maximum absolute atomic E-state index is 10.7. The molecular weight excluding hydrogens is 311 g/mol.